The number of hydrogen-bond acceptors (Lipinski definition) is 5. The van der Waals surface area contributed by atoms with Crippen molar-refractivity contribution in [1.29, 1.82) is 0 Å². The van der Waals surface area contributed by atoms with E-state index >= 15 is 0 Å². The third-order valence-corrected chi connectivity index (χ3v) is 7.52. The quantitative estimate of drug-likeness (QED) is 0.548. The van der Waals surface area contributed by atoms with Gasteiger partial charge in [0.05, 0.1) is 14.9 Å². The van der Waals surface area contributed by atoms with Gasteiger partial charge in [0.15, 0.2) is 5.65 Å². The van der Waals surface area contributed by atoms with Gasteiger partial charge in [-0.1, -0.05) is 61.3 Å². The van der Waals surface area contributed by atoms with E-state index in [9.17, 15) is 0 Å². The van der Waals surface area contributed by atoms with Gasteiger partial charge in [-0.25, -0.2) is 9.38 Å². The van der Waals surface area contributed by atoms with Crippen LogP contribution in [-0.4, -0.2) is 32.7 Å². The Kier molecular flexibility index (Phi) is 5.23. The second-order valence-electron chi connectivity index (χ2n) is 7.25. The summed E-state index contributed by atoms with van der Waals surface area (Å²) in [6.07, 6.45) is 7.14. The molecule has 0 radical (unpaired) electrons. The van der Waals surface area contributed by atoms with Crippen LogP contribution in [0.25, 0.3) is 5.65 Å². The van der Waals surface area contributed by atoms with Crippen LogP contribution in [0.4, 0.5) is 5.95 Å². The molecule has 0 aliphatic carbocycles. The lowest BCUT2D eigenvalue weighted by atomic mass is 9.78. The minimum absolute atomic E-state index is 0.432. The number of hydrogen-bond donors (Lipinski definition) is 0. The SMILES string of the molecule is CCC1(C)CCN(c2ncc(Sc3cccc(Cl)c3Cl)c3nncn23)CC1. The fourth-order valence-electron chi connectivity index (χ4n) is 3.37. The van der Waals surface area contributed by atoms with Gasteiger partial charge in [0.25, 0.3) is 0 Å². The summed E-state index contributed by atoms with van der Waals surface area (Å²) in [5.74, 6) is 0.898. The Bertz CT molecular complexity index is 966. The molecule has 8 heteroatoms. The number of anilines is 1. The van der Waals surface area contributed by atoms with Crippen LogP contribution in [0.2, 0.25) is 10.0 Å². The molecule has 0 unspecified atom stereocenters. The number of nitrogens with zero attached hydrogens (tertiary/aromatic N) is 5. The molecule has 1 aliphatic rings. The standard InChI is InChI=1S/C19H21Cl2N5S/c1-3-19(2)7-9-25(10-8-19)18-22-11-15(17-24-23-12-26(17)18)27-14-6-4-5-13(20)16(14)21/h4-6,11-12H,3,7-10H2,1-2H3. The van der Waals surface area contributed by atoms with Crippen LogP contribution < -0.4 is 4.90 Å². The summed E-state index contributed by atoms with van der Waals surface area (Å²) in [6, 6.07) is 5.61. The Morgan fingerprint density at radius 3 is 2.70 bits per heavy atom. The average Bonchev–Trinajstić information content (AvgIpc) is 3.17. The summed E-state index contributed by atoms with van der Waals surface area (Å²) in [4.78, 5) is 8.84. The maximum absolute atomic E-state index is 6.34. The topological polar surface area (TPSA) is 46.3 Å². The van der Waals surface area contributed by atoms with Crippen LogP contribution >= 0.6 is 35.0 Å². The largest absolute Gasteiger partial charge is 0.342 e. The van der Waals surface area contributed by atoms with Gasteiger partial charge in [-0.2, -0.15) is 0 Å². The Morgan fingerprint density at radius 1 is 1.19 bits per heavy atom. The lowest BCUT2D eigenvalue weighted by Gasteiger charge is -2.39. The van der Waals surface area contributed by atoms with Crippen molar-refractivity contribution < 1.29 is 0 Å². The number of fused-ring (bicyclic) bond motifs is 1. The molecule has 2 aromatic heterocycles. The van der Waals surface area contributed by atoms with E-state index in [1.807, 2.05) is 22.7 Å². The van der Waals surface area contributed by atoms with Crippen LogP contribution in [0.15, 0.2) is 40.5 Å². The normalized spacial score (nSPS) is 16.8. The Labute approximate surface area is 173 Å². The first-order valence-electron chi connectivity index (χ1n) is 9.06. The van der Waals surface area contributed by atoms with Crippen LogP contribution in [-0.2, 0) is 0 Å². The summed E-state index contributed by atoms with van der Waals surface area (Å²) in [7, 11) is 0. The number of halogens is 2. The van der Waals surface area contributed by atoms with Crippen molar-refractivity contribution in [1.82, 2.24) is 19.6 Å². The van der Waals surface area contributed by atoms with Crippen molar-refractivity contribution in [2.45, 2.75) is 42.9 Å². The molecule has 0 saturated carbocycles. The maximum Gasteiger partial charge on any atom is 0.212 e. The zero-order valence-corrected chi connectivity index (χ0v) is 17.7. The lowest BCUT2D eigenvalue weighted by molar-refractivity contribution is 0.237. The van der Waals surface area contributed by atoms with Gasteiger partial charge in [0.1, 0.15) is 6.33 Å². The van der Waals surface area contributed by atoms with Crippen LogP contribution in [0, 0.1) is 5.41 Å². The molecule has 3 heterocycles. The smallest absolute Gasteiger partial charge is 0.212 e. The zero-order chi connectivity index (χ0) is 19.0. The summed E-state index contributed by atoms with van der Waals surface area (Å²) in [6.45, 7) is 6.65. The van der Waals surface area contributed by atoms with E-state index in [-0.39, 0.29) is 0 Å². The molecule has 0 atom stereocenters. The fraction of sp³-hybridized carbons (Fsp3) is 0.421. The van der Waals surface area contributed by atoms with E-state index in [0.29, 0.717) is 15.5 Å². The molecule has 1 aliphatic heterocycles. The van der Waals surface area contributed by atoms with Gasteiger partial charge < -0.3 is 4.90 Å². The number of rotatable bonds is 4. The van der Waals surface area contributed by atoms with E-state index in [2.05, 4.69) is 28.9 Å². The highest BCUT2D eigenvalue weighted by Crippen LogP contribution is 2.39. The maximum atomic E-state index is 6.34. The van der Waals surface area contributed by atoms with Crippen molar-refractivity contribution in [3.05, 3.63) is 40.8 Å². The van der Waals surface area contributed by atoms with Crippen molar-refractivity contribution in [2.24, 2.45) is 5.41 Å². The highest BCUT2D eigenvalue weighted by molar-refractivity contribution is 7.99. The lowest BCUT2D eigenvalue weighted by Crippen LogP contribution is -2.39. The first-order valence-corrected chi connectivity index (χ1v) is 10.6. The van der Waals surface area contributed by atoms with Crippen LogP contribution in [0.3, 0.4) is 0 Å². The van der Waals surface area contributed by atoms with E-state index < -0.39 is 0 Å². The summed E-state index contributed by atoms with van der Waals surface area (Å²) in [5, 5.41) is 9.51. The minimum Gasteiger partial charge on any atom is -0.342 e. The van der Waals surface area contributed by atoms with Gasteiger partial charge in [0, 0.05) is 24.2 Å². The van der Waals surface area contributed by atoms with Crippen molar-refractivity contribution >= 4 is 46.6 Å². The molecule has 1 fully saturated rings. The van der Waals surface area contributed by atoms with Crippen LogP contribution in [0.5, 0.6) is 0 Å². The van der Waals surface area contributed by atoms with Gasteiger partial charge in [-0.15, -0.1) is 10.2 Å². The molecule has 27 heavy (non-hydrogen) atoms. The molecular formula is C19H21Cl2N5S. The molecule has 4 rings (SSSR count). The molecular weight excluding hydrogens is 401 g/mol. The highest BCUT2D eigenvalue weighted by Gasteiger charge is 2.30. The van der Waals surface area contributed by atoms with Gasteiger partial charge >= 0.3 is 0 Å². The molecule has 0 N–H and O–H groups in total. The van der Waals surface area contributed by atoms with Crippen molar-refractivity contribution in [3.63, 3.8) is 0 Å². The predicted molar refractivity (Wildman–Crippen MR) is 111 cm³/mol. The van der Waals surface area contributed by atoms with Crippen molar-refractivity contribution in [2.75, 3.05) is 18.0 Å². The molecule has 0 spiro atoms. The number of aromatic nitrogens is 4. The van der Waals surface area contributed by atoms with Gasteiger partial charge in [-0.3, -0.25) is 0 Å². The second-order valence-corrected chi connectivity index (χ2v) is 9.12. The molecule has 1 saturated heterocycles. The second kappa shape index (κ2) is 7.49. The van der Waals surface area contributed by atoms with E-state index in [0.717, 1.165) is 34.5 Å². The van der Waals surface area contributed by atoms with Crippen LogP contribution in [0.1, 0.15) is 33.1 Å². The zero-order valence-electron chi connectivity index (χ0n) is 15.3. The first kappa shape index (κ1) is 18.8. The Balaban J connectivity index is 1.64. The highest BCUT2D eigenvalue weighted by atomic mass is 35.5. The van der Waals surface area contributed by atoms with Gasteiger partial charge in [-0.05, 0) is 30.4 Å². The van der Waals surface area contributed by atoms with E-state index in [1.165, 1.54) is 31.0 Å². The monoisotopic (exact) mass is 421 g/mol. The van der Waals surface area contributed by atoms with E-state index in [1.54, 1.807) is 12.4 Å². The number of benzene rings is 1. The third kappa shape index (κ3) is 3.62. The number of piperidine rings is 1. The summed E-state index contributed by atoms with van der Waals surface area (Å²) < 4.78 is 1.97. The van der Waals surface area contributed by atoms with E-state index in [4.69, 9.17) is 28.2 Å². The molecule has 0 bridgehead atoms. The summed E-state index contributed by atoms with van der Waals surface area (Å²) >= 11 is 14.0. The molecule has 3 aromatic rings. The average molecular weight is 422 g/mol. The van der Waals surface area contributed by atoms with Crippen molar-refractivity contribution in [3.8, 4) is 0 Å². The Hall–Kier alpha value is -1.50. The molecule has 5 nitrogen and oxygen atoms in total. The third-order valence-electron chi connectivity index (χ3n) is 5.52. The molecule has 1 aromatic carbocycles. The minimum atomic E-state index is 0.432. The first-order chi connectivity index (χ1) is 13.0. The molecule has 0 amide bonds. The molecule has 142 valence electrons. The summed E-state index contributed by atoms with van der Waals surface area (Å²) in [5.41, 5.74) is 1.21. The fourth-order valence-corrected chi connectivity index (χ4v) is 4.76. The predicted octanol–water partition coefficient (Wildman–Crippen LogP) is 5.60. The Morgan fingerprint density at radius 2 is 1.96 bits per heavy atom. The van der Waals surface area contributed by atoms with Gasteiger partial charge in [0.2, 0.25) is 5.95 Å².